The minimum atomic E-state index is -0.290. The molecule has 0 radical (unpaired) electrons. The van der Waals surface area contributed by atoms with Gasteiger partial charge in [0.15, 0.2) is 0 Å². The van der Waals surface area contributed by atoms with Crippen LogP contribution >= 0.6 is 0 Å². The van der Waals surface area contributed by atoms with Crippen LogP contribution in [0.25, 0.3) is 0 Å². The van der Waals surface area contributed by atoms with Crippen LogP contribution < -0.4 is 10.6 Å². The molecule has 1 saturated heterocycles. The predicted octanol–water partition coefficient (Wildman–Crippen LogP) is 2.07. The van der Waals surface area contributed by atoms with Gasteiger partial charge in [-0.3, -0.25) is 9.67 Å². The molecule has 9 nitrogen and oxygen atoms in total. The second-order valence-corrected chi connectivity index (χ2v) is 6.35. The van der Waals surface area contributed by atoms with Gasteiger partial charge in [0.25, 0.3) is 0 Å². The second kappa shape index (κ2) is 9.02. The number of hydrogen-bond donors (Lipinski definition) is 2. The Morgan fingerprint density at radius 3 is 2.81 bits per heavy atom. The average molecular weight is 372 g/mol. The standard InChI is InChI=1S/C18H24N6O3/c1-2-27-18(26)23-8-5-15(6-9-23)21-17(25)22-16-11-20-24(13-16)12-14-4-3-7-19-10-14/h3-4,7,10-11,13,15H,2,5-6,8-9,12H2,1H3,(H2,21,22,25). The van der Waals surface area contributed by atoms with Crippen molar-refractivity contribution in [3.05, 3.63) is 42.5 Å². The van der Waals surface area contributed by atoms with E-state index in [0.717, 1.165) is 5.56 Å². The van der Waals surface area contributed by atoms with Crippen molar-refractivity contribution in [2.45, 2.75) is 32.4 Å². The van der Waals surface area contributed by atoms with Crippen LogP contribution in [0.3, 0.4) is 0 Å². The maximum absolute atomic E-state index is 12.2. The highest BCUT2D eigenvalue weighted by Gasteiger charge is 2.24. The summed E-state index contributed by atoms with van der Waals surface area (Å²) >= 11 is 0. The van der Waals surface area contributed by atoms with Gasteiger partial charge < -0.3 is 20.3 Å². The molecule has 0 spiro atoms. The maximum Gasteiger partial charge on any atom is 0.409 e. The molecule has 0 saturated carbocycles. The van der Waals surface area contributed by atoms with Crippen molar-refractivity contribution in [2.24, 2.45) is 0 Å². The molecule has 2 aromatic rings. The monoisotopic (exact) mass is 372 g/mol. The molecule has 1 aliphatic rings. The van der Waals surface area contributed by atoms with Crippen LogP contribution in [-0.4, -0.2) is 57.5 Å². The summed E-state index contributed by atoms with van der Waals surface area (Å²) in [6.07, 6.45) is 8.00. The molecule has 3 heterocycles. The molecule has 3 rings (SSSR count). The van der Waals surface area contributed by atoms with E-state index in [1.165, 1.54) is 0 Å². The largest absolute Gasteiger partial charge is 0.450 e. The topological polar surface area (TPSA) is 101 Å². The van der Waals surface area contributed by atoms with E-state index in [4.69, 9.17) is 4.74 Å². The van der Waals surface area contributed by atoms with Gasteiger partial charge in [-0.25, -0.2) is 9.59 Å². The van der Waals surface area contributed by atoms with E-state index in [2.05, 4.69) is 20.7 Å². The fourth-order valence-electron chi connectivity index (χ4n) is 2.97. The first-order valence-electron chi connectivity index (χ1n) is 9.04. The lowest BCUT2D eigenvalue weighted by Gasteiger charge is -2.31. The van der Waals surface area contributed by atoms with Crippen LogP contribution in [0, 0.1) is 0 Å². The molecular formula is C18H24N6O3. The Kier molecular flexibility index (Phi) is 6.24. The van der Waals surface area contributed by atoms with Crippen molar-refractivity contribution < 1.29 is 14.3 Å². The van der Waals surface area contributed by atoms with Gasteiger partial charge in [0.2, 0.25) is 0 Å². The van der Waals surface area contributed by atoms with Crippen molar-refractivity contribution in [1.82, 2.24) is 25.0 Å². The molecule has 1 aliphatic heterocycles. The Morgan fingerprint density at radius 2 is 2.11 bits per heavy atom. The van der Waals surface area contributed by atoms with Crippen molar-refractivity contribution in [2.75, 3.05) is 25.0 Å². The summed E-state index contributed by atoms with van der Waals surface area (Å²) in [6.45, 7) is 3.90. The summed E-state index contributed by atoms with van der Waals surface area (Å²) in [4.78, 5) is 29.6. The number of rotatable bonds is 5. The first-order chi connectivity index (χ1) is 13.1. The number of aromatic nitrogens is 3. The highest BCUT2D eigenvalue weighted by atomic mass is 16.6. The van der Waals surface area contributed by atoms with E-state index >= 15 is 0 Å². The lowest BCUT2D eigenvalue weighted by molar-refractivity contribution is 0.0959. The van der Waals surface area contributed by atoms with Gasteiger partial charge in [-0.1, -0.05) is 6.07 Å². The minimum Gasteiger partial charge on any atom is -0.450 e. The number of likely N-dealkylation sites (tertiary alicyclic amines) is 1. The van der Waals surface area contributed by atoms with E-state index < -0.39 is 0 Å². The molecule has 0 bridgehead atoms. The number of pyridine rings is 1. The number of nitrogens with zero attached hydrogens (tertiary/aromatic N) is 4. The molecule has 0 aliphatic carbocycles. The quantitative estimate of drug-likeness (QED) is 0.837. The number of ether oxygens (including phenoxy) is 1. The number of carbonyl (C=O) groups excluding carboxylic acids is 2. The van der Waals surface area contributed by atoms with Crippen molar-refractivity contribution in [1.29, 1.82) is 0 Å². The third kappa shape index (κ3) is 5.44. The maximum atomic E-state index is 12.2. The fourth-order valence-corrected chi connectivity index (χ4v) is 2.97. The molecule has 27 heavy (non-hydrogen) atoms. The van der Waals surface area contributed by atoms with Crippen molar-refractivity contribution >= 4 is 17.8 Å². The van der Waals surface area contributed by atoms with E-state index in [9.17, 15) is 9.59 Å². The Labute approximate surface area is 157 Å². The normalized spacial score (nSPS) is 14.6. The summed E-state index contributed by atoms with van der Waals surface area (Å²) in [5.74, 6) is 0. The highest BCUT2D eigenvalue weighted by molar-refractivity contribution is 5.89. The lowest BCUT2D eigenvalue weighted by Crippen LogP contribution is -2.47. The van der Waals surface area contributed by atoms with Gasteiger partial charge in [0, 0.05) is 37.7 Å². The fraction of sp³-hybridized carbons (Fsp3) is 0.444. The predicted molar refractivity (Wildman–Crippen MR) is 99.3 cm³/mol. The zero-order valence-electron chi connectivity index (χ0n) is 15.3. The van der Waals surface area contributed by atoms with Crippen LogP contribution in [0.4, 0.5) is 15.3 Å². The minimum absolute atomic E-state index is 0.0288. The summed E-state index contributed by atoms with van der Waals surface area (Å²) in [5.41, 5.74) is 1.66. The summed E-state index contributed by atoms with van der Waals surface area (Å²) in [6, 6.07) is 3.60. The smallest absolute Gasteiger partial charge is 0.409 e. The summed E-state index contributed by atoms with van der Waals surface area (Å²) in [7, 11) is 0. The number of nitrogens with one attached hydrogen (secondary N) is 2. The van der Waals surface area contributed by atoms with Crippen molar-refractivity contribution in [3.63, 3.8) is 0 Å². The van der Waals surface area contributed by atoms with Crippen LogP contribution in [-0.2, 0) is 11.3 Å². The summed E-state index contributed by atoms with van der Waals surface area (Å²) < 4.78 is 6.74. The number of urea groups is 1. The molecule has 2 N–H and O–H groups in total. The van der Waals surface area contributed by atoms with Crippen LogP contribution in [0.2, 0.25) is 0 Å². The first kappa shape index (κ1) is 18.7. The van der Waals surface area contributed by atoms with Crippen molar-refractivity contribution in [3.8, 4) is 0 Å². The van der Waals surface area contributed by atoms with Gasteiger partial charge in [0.05, 0.1) is 25.0 Å². The Balaban J connectivity index is 1.43. The zero-order chi connectivity index (χ0) is 19.1. The molecule has 3 amide bonds. The molecule has 1 fully saturated rings. The summed E-state index contributed by atoms with van der Waals surface area (Å²) in [5, 5.41) is 9.98. The number of carbonyl (C=O) groups is 2. The van der Waals surface area contributed by atoms with Gasteiger partial charge >= 0.3 is 12.1 Å². The number of anilines is 1. The van der Waals surface area contributed by atoms with E-state index in [-0.39, 0.29) is 18.2 Å². The molecule has 0 atom stereocenters. The molecule has 0 unspecified atom stereocenters. The van der Waals surface area contributed by atoms with Gasteiger partial charge in [-0.15, -0.1) is 0 Å². The third-order valence-electron chi connectivity index (χ3n) is 4.31. The van der Waals surface area contributed by atoms with E-state index in [0.29, 0.717) is 44.8 Å². The highest BCUT2D eigenvalue weighted by Crippen LogP contribution is 2.12. The van der Waals surface area contributed by atoms with Crippen LogP contribution in [0.1, 0.15) is 25.3 Å². The number of piperidine rings is 1. The molecule has 9 heteroatoms. The van der Waals surface area contributed by atoms with Crippen LogP contribution in [0.5, 0.6) is 0 Å². The third-order valence-corrected chi connectivity index (χ3v) is 4.31. The van der Waals surface area contributed by atoms with E-state index in [1.54, 1.807) is 41.3 Å². The van der Waals surface area contributed by atoms with E-state index in [1.807, 2.05) is 12.1 Å². The number of amides is 3. The van der Waals surface area contributed by atoms with Crippen LogP contribution in [0.15, 0.2) is 36.9 Å². The SMILES string of the molecule is CCOC(=O)N1CCC(NC(=O)Nc2cnn(Cc3cccnc3)c2)CC1. The molecular weight excluding hydrogens is 348 g/mol. The first-order valence-corrected chi connectivity index (χ1v) is 9.04. The number of hydrogen-bond acceptors (Lipinski definition) is 5. The average Bonchev–Trinajstić information content (AvgIpc) is 3.10. The Morgan fingerprint density at radius 1 is 1.30 bits per heavy atom. The molecule has 144 valence electrons. The molecule has 0 aromatic carbocycles. The van der Waals surface area contributed by atoms with Gasteiger partial charge in [0.1, 0.15) is 0 Å². The molecule has 2 aromatic heterocycles. The van der Waals surface area contributed by atoms with Gasteiger partial charge in [-0.05, 0) is 31.4 Å². The lowest BCUT2D eigenvalue weighted by atomic mass is 10.1. The Bertz CT molecular complexity index is 755. The Hall–Kier alpha value is -3.10. The zero-order valence-corrected chi connectivity index (χ0v) is 15.3. The van der Waals surface area contributed by atoms with Gasteiger partial charge in [-0.2, -0.15) is 5.10 Å². The second-order valence-electron chi connectivity index (χ2n) is 6.35.